The Hall–Kier alpha value is 0.0669. The van der Waals surface area contributed by atoms with Crippen molar-refractivity contribution in [3.05, 3.63) is 0 Å². The highest BCUT2D eigenvalue weighted by Gasteiger charge is 2.06. The Bertz CT molecular complexity index is 124. The molecule has 0 atom stereocenters. The Balaban J connectivity index is 3.59. The number of rotatable bonds is 1. The van der Waals surface area contributed by atoms with Crippen LogP contribution in [0.15, 0.2) is 0 Å². The third-order valence-electron chi connectivity index (χ3n) is 0.683. The van der Waals surface area contributed by atoms with Crippen molar-refractivity contribution >= 4 is 19.7 Å². The zero-order valence-corrected chi connectivity index (χ0v) is 8.05. The second-order valence-electron chi connectivity index (χ2n) is 2.99. The second kappa shape index (κ2) is 3.98. The van der Waals surface area contributed by atoms with Gasteiger partial charge in [0, 0.05) is 12.3 Å². The third kappa shape index (κ3) is 8.07. The van der Waals surface area contributed by atoms with E-state index in [1.165, 1.54) is 0 Å². The minimum Gasteiger partial charge on any atom is -0.132 e. The van der Waals surface area contributed by atoms with E-state index in [1.54, 1.807) is 0 Å². The van der Waals surface area contributed by atoms with Gasteiger partial charge in [-0.2, -0.15) is 0 Å². The predicted octanol–water partition coefficient (Wildman–Crippen LogP) is 2.50. The van der Waals surface area contributed by atoms with Crippen LogP contribution in [-0.2, 0) is 0 Å². The minimum atomic E-state index is -1.11. The molecule has 0 aromatic carbocycles. The van der Waals surface area contributed by atoms with Crippen molar-refractivity contribution in [3.63, 3.8) is 0 Å². The van der Waals surface area contributed by atoms with E-state index in [9.17, 15) is 0 Å². The lowest BCUT2D eigenvalue weighted by atomic mass is 10.5. The van der Waals surface area contributed by atoms with Crippen LogP contribution >= 0.6 is 11.6 Å². The van der Waals surface area contributed by atoms with Crippen LogP contribution in [-0.4, -0.2) is 14.0 Å². The predicted molar refractivity (Wildman–Crippen MR) is 46.5 cm³/mol. The molecule has 0 nitrogen and oxygen atoms in total. The molecule has 52 valence electrons. The Morgan fingerprint density at radius 2 is 1.89 bits per heavy atom. The Kier molecular flexibility index (Phi) is 4.00. The summed E-state index contributed by atoms with van der Waals surface area (Å²) in [4.78, 5) is 0. The van der Waals surface area contributed by atoms with Gasteiger partial charge in [0.25, 0.3) is 0 Å². The van der Waals surface area contributed by atoms with E-state index >= 15 is 0 Å². The van der Waals surface area contributed by atoms with Crippen LogP contribution in [0.2, 0.25) is 19.6 Å². The molecule has 0 saturated carbocycles. The number of halogens is 1. The van der Waals surface area contributed by atoms with Crippen LogP contribution in [0.25, 0.3) is 0 Å². The van der Waals surface area contributed by atoms with Crippen molar-refractivity contribution in [2.75, 3.05) is 5.88 Å². The fraction of sp³-hybridized carbons (Fsp3) is 0.714. The van der Waals surface area contributed by atoms with E-state index < -0.39 is 8.07 Å². The molecule has 2 heteroatoms. The summed E-state index contributed by atoms with van der Waals surface area (Å²) in [6.07, 6.45) is 0.839. The largest absolute Gasteiger partial charge is 0.132 e. The molecule has 0 saturated heterocycles. The van der Waals surface area contributed by atoms with Crippen LogP contribution < -0.4 is 0 Å². The van der Waals surface area contributed by atoms with Crippen LogP contribution in [0.3, 0.4) is 0 Å². The van der Waals surface area contributed by atoms with E-state index in [-0.39, 0.29) is 0 Å². The summed E-state index contributed by atoms with van der Waals surface area (Å²) in [7, 11) is -1.11. The molecule has 0 unspecified atom stereocenters. The molecule has 0 rings (SSSR count). The molecule has 0 radical (unpaired) electrons. The molecule has 0 amide bonds. The van der Waals surface area contributed by atoms with Gasteiger partial charge < -0.3 is 0 Å². The number of hydrogen-bond donors (Lipinski definition) is 0. The van der Waals surface area contributed by atoms with Gasteiger partial charge in [-0.1, -0.05) is 19.6 Å². The molecular formula is C7H13ClSi. The van der Waals surface area contributed by atoms with Crippen molar-refractivity contribution in [1.82, 2.24) is 0 Å². The van der Waals surface area contributed by atoms with Gasteiger partial charge in [-0.15, -0.1) is 23.1 Å². The summed E-state index contributed by atoms with van der Waals surface area (Å²) in [6, 6.07) is 0. The highest BCUT2D eigenvalue weighted by molar-refractivity contribution is 6.83. The fourth-order valence-corrected chi connectivity index (χ4v) is 1.12. The lowest BCUT2D eigenvalue weighted by Gasteiger charge is -2.02. The quantitative estimate of drug-likeness (QED) is 0.314. The zero-order valence-electron chi connectivity index (χ0n) is 6.29. The van der Waals surface area contributed by atoms with Gasteiger partial charge in [0.05, 0.1) is 0 Å². The maximum absolute atomic E-state index is 5.44. The lowest BCUT2D eigenvalue weighted by Crippen LogP contribution is -2.16. The van der Waals surface area contributed by atoms with E-state index in [0.717, 1.165) is 6.42 Å². The topological polar surface area (TPSA) is 0 Å². The van der Waals surface area contributed by atoms with Gasteiger partial charge in [-0.05, 0) is 0 Å². The smallest absolute Gasteiger partial charge is 0.129 e. The minimum absolute atomic E-state index is 0.664. The van der Waals surface area contributed by atoms with Gasteiger partial charge in [0.15, 0.2) is 0 Å². The average molecular weight is 161 g/mol. The van der Waals surface area contributed by atoms with Crippen molar-refractivity contribution in [1.29, 1.82) is 0 Å². The summed E-state index contributed by atoms with van der Waals surface area (Å²) in [5.74, 6) is 3.72. The Morgan fingerprint density at radius 3 is 2.22 bits per heavy atom. The van der Waals surface area contributed by atoms with Crippen molar-refractivity contribution in [2.45, 2.75) is 26.1 Å². The van der Waals surface area contributed by atoms with Crippen molar-refractivity contribution in [2.24, 2.45) is 0 Å². The van der Waals surface area contributed by atoms with Gasteiger partial charge in [0.2, 0.25) is 0 Å². The van der Waals surface area contributed by atoms with Gasteiger partial charge in [0.1, 0.15) is 8.07 Å². The average Bonchev–Trinajstić information content (AvgIpc) is 1.63. The van der Waals surface area contributed by atoms with Crippen LogP contribution in [0, 0.1) is 11.5 Å². The molecule has 0 heterocycles. The highest BCUT2D eigenvalue weighted by Crippen LogP contribution is 1.96. The maximum atomic E-state index is 5.44. The normalized spacial score (nSPS) is 10.2. The summed E-state index contributed by atoms with van der Waals surface area (Å²) < 4.78 is 0. The van der Waals surface area contributed by atoms with Gasteiger partial charge in [-0.25, -0.2) is 0 Å². The molecule has 9 heavy (non-hydrogen) atoms. The molecule has 0 fully saturated rings. The first kappa shape index (κ1) is 9.07. The maximum Gasteiger partial charge on any atom is 0.129 e. The van der Waals surface area contributed by atoms with E-state index in [4.69, 9.17) is 11.6 Å². The van der Waals surface area contributed by atoms with Crippen LogP contribution in [0.5, 0.6) is 0 Å². The Labute approximate surface area is 63.6 Å². The van der Waals surface area contributed by atoms with E-state index in [2.05, 4.69) is 31.1 Å². The number of hydrogen-bond acceptors (Lipinski definition) is 0. The SMILES string of the molecule is C[Si](C)(C)C#CCCCl. The molecule has 0 spiro atoms. The van der Waals surface area contributed by atoms with Crippen molar-refractivity contribution < 1.29 is 0 Å². The lowest BCUT2D eigenvalue weighted by molar-refractivity contribution is 1.29. The van der Waals surface area contributed by atoms with Gasteiger partial charge in [-0.3, -0.25) is 0 Å². The molecular weight excluding hydrogens is 148 g/mol. The molecule has 0 bridgehead atoms. The Morgan fingerprint density at radius 1 is 1.33 bits per heavy atom. The monoisotopic (exact) mass is 160 g/mol. The van der Waals surface area contributed by atoms with E-state index in [0.29, 0.717) is 5.88 Å². The standard InChI is InChI=1S/C7H13ClSi/c1-9(2,3)7-5-4-6-8/h4,6H2,1-3H3. The second-order valence-corrected chi connectivity index (χ2v) is 8.12. The highest BCUT2D eigenvalue weighted by atomic mass is 35.5. The molecule has 0 aromatic heterocycles. The molecule has 0 aromatic rings. The summed E-state index contributed by atoms with van der Waals surface area (Å²) in [6.45, 7) is 6.69. The summed E-state index contributed by atoms with van der Waals surface area (Å²) in [5.41, 5.74) is 3.23. The molecule has 0 aliphatic rings. The van der Waals surface area contributed by atoms with Crippen molar-refractivity contribution in [3.8, 4) is 11.5 Å². The molecule has 0 aliphatic carbocycles. The zero-order chi connectivity index (χ0) is 7.33. The first-order chi connectivity index (χ1) is 4.06. The summed E-state index contributed by atoms with van der Waals surface area (Å²) >= 11 is 5.44. The summed E-state index contributed by atoms with van der Waals surface area (Å²) in [5, 5.41) is 0. The van der Waals surface area contributed by atoms with Gasteiger partial charge >= 0.3 is 0 Å². The first-order valence-corrected chi connectivity index (χ1v) is 7.16. The number of alkyl halides is 1. The van der Waals surface area contributed by atoms with E-state index in [1.807, 2.05) is 0 Å². The van der Waals surface area contributed by atoms with Crippen LogP contribution in [0.4, 0.5) is 0 Å². The third-order valence-corrected chi connectivity index (χ3v) is 1.80. The first-order valence-electron chi connectivity index (χ1n) is 3.12. The molecule has 0 N–H and O–H groups in total. The fourth-order valence-electron chi connectivity index (χ4n) is 0.375. The molecule has 0 aliphatic heterocycles. The van der Waals surface area contributed by atoms with Crippen LogP contribution in [0.1, 0.15) is 6.42 Å².